The number of hydrogen-bond donors (Lipinski definition) is 2. The Morgan fingerprint density at radius 2 is 1.87 bits per heavy atom. The van der Waals surface area contributed by atoms with Crippen LogP contribution in [0.15, 0.2) is 36.4 Å². The molecule has 0 aliphatic carbocycles. The van der Waals surface area contributed by atoms with Crippen LogP contribution in [0, 0.1) is 6.92 Å². The molecule has 1 amide bonds. The number of carbonyl (C=O) groups is 1. The van der Waals surface area contributed by atoms with Crippen molar-refractivity contribution in [2.45, 2.75) is 39.8 Å². The number of carbonyl (C=O) groups excluding carboxylic acids is 1. The molecule has 0 saturated carbocycles. The Hall–Kier alpha value is -2.28. The van der Waals surface area contributed by atoms with Crippen molar-refractivity contribution < 1.29 is 19.0 Å². The molecule has 0 spiro atoms. The van der Waals surface area contributed by atoms with Crippen molar-refractivity contribution in [2.24, 2.45) is 0 Å². The number of amides is 1. The molecule has 2 N–H and O–H groups in total. The molecular formula is C23H31ClN2O4. The molecule has 7 heteroatoms. The summed E-state index contributed by atoms with van der Waals surface area (Å²) in [7, 11) is 1.56. The lowest BCUT2D eigenvalue weighted by molar-refractivity contribution is -0.118. The van der Waals surface area contributed by atoms with Gasteiger partial charge in [-0.2, -0.15) is 0 Å². The standard InChI is InChI=1S/C23H31ClN2O4/c1-16(2)29-11-5-10-25-14-18-12-21(28-4)22(13-20(18)24)30-15-23(27)26-19-8-6-17(3)7-9-19/h6-9,12-13,16,25H,5,10-11,14-15H2,1-4H3,(H,26,27). The molecule has 0 aromatic heterocycles. The molecule has 2 rings (SSSR count). The molecule has 2 aromatic rings. The zero-order valence-corrected chi connectivity index (χ0v) is 18.8. The minimum Gasteiger partial charge on any atom is -0.493 e. The van der Waals surface area contributed by atoms with Crippen molar-refractivity contribution in [1.29, 1.82) is 0 Å². The molecule has 0 atom stereocenters. The number of benzene rings is 2. The number of anilines is 1. The van der Waals surface area contributed by atoms with E-state index in [1.165, 1.54) is 0 Å². The van der Waals surface area contributed by atoms with Crippen molar-refractivity contribution >= 4 is 23.2 Å². The fraction of sp³-hybridized carbons (Fsp3) is 0.435. The Bertz CT molecular complexity index is 810. The highest BCUT2D eigenvalue weighted by atomic mass is 35.5. The zero-order valence-electron chi connectivity index (χ0n) is 18.1. The predicted octanol–water partition coefficient (Wildman–Crippen LogP) is 4.58. The third kappa shape index (κ3) is 8.22. The van der Waals surface area contributed by atoms with Crippen LogP contribution in [0.1, 0.15) is 31.4 Å². The van der Waals surface area contributed by atoms with E-state index in [9.17, 15) is 4.79 Å². The Kier molecular flexibility index (Phi) is 9.94. The van der Waals surface area contributed by atoms with Crippen LogP contribution in [0.4, 0.5) is 5.69 Å². The molecule has 0 saturated heterocycles. The van der Waals surface area contributed by atoms with Gasteiger partial charge < -0.3 is 24.8 Å². The van der Waals surface area contributed by atoms with Crippen LogP contribution in [-0.4, -0.2) is 38.9 Å². The summed E-state index contributed by atoms with van der Waals surface area (Å²) in [6.45, 7) is 8.04. The number of halogens is 1. The average Bonchev–Trinajstić information content (AvgIpc) is 2.71. The molecular weight excluding hydrogens is 404 g/mol. The van der Waals surface area contributed by atoms with Crippen LogP contribution in [0.5, 0.6) is 11.5 Å². The summed E-state index contributed by atoms with van der Waals surface area (Å²) in [6.07, 6.45) is 1.17. The summed E-state index contributed by atoms with van der Waals surface area (Å²) in [4.78, 5) is 12.2. The number of methoxy groups -OCH3 is 1. The monoisotopic (exact) mass is 434 g/mol. The van der Waals surface area contributed by atoms with Crippen molar-refractivity contribution in [1.82, 2.24) is 5.32 Å². The van der Waals surface area contributed by atoms with E-state index >= 15 is 0 Å². The number of nitrogens with one attached hydrogen (secondary N) is 2. The van der Waals surface area contributed by atoms with E-state index < -0.39 is 0 Å². The first-order valence-electron chi connectivity index (χ1n) is 10.1. The van der Waals surface area contributed by atoms with Crippen LogP contribution >= 0.6 is 11.6 Å². The normalized spacial score (nSPS) is 10.9. The van der Waals surface area contributed by atoms with Crippen molar-refractivity contribution in [3.05, 3.63) is 52.5 Å². The molecule has 0 radical (unpaired) electrons. The lowest BCUT2D eigenvalue weighted by Crippen LogP contribution is -2.20. The second-order valence-electron chi connectivity index (χ2n) is 7.25. The molecule has 0 bridgehead atoms. The first-order valence-corrected chi connectivity index (χ1v) is 10.4. The quantitative estimate of drug-likeness (QED) is 0.478. The van der Waals surface area contributed by atoms with Gasteiger partial charge >= 0.3 is 0 Å². The Morgan fingerprint density at radius 3 is 2.53 bits per heavy atom. The lowest BCUT2D eigenvalue weighted by atomic mass is 10.2. The Morgan fingerprint density at radius 1 is 1.13 bits per heavy atom. The predicted molar refractivity (Wildman–Crippen MR) is 121 cm³/mol. The molecule has 30 heavy (non-hydrogen) atoms. The summed E-state index contributed by atoms with van der Waals surface area (Å²) < 4.78 is 16.6. The smallest absolute Gasteiger partial charge is 0.262 e. The van der Waals surface area contributed by atoms with Gasteiger partial charge in [0.15, 0.2) is 18.1 Å². The van der Waals surface area contributed by atoms with Gasteiger partial charge in [-0.1, -0.05) is 29.3 Å². The fourth-order valence-corrected chi connectivity index (χ4v) is 2.92. The highest BCUT2D eigenvalue weighted by Gasteiger charge is 2.12. The summed E-state index contributed by atoms with van der Waals surface area (Å²) in [5.41, 5.74) is 2.75. The van der Waals surface area contributed by atoms with Crippen LogP contribution in [0.25, 0.3) is 0 Å². The number of rotatable bonds is 12. The average molecular weight is 435 g/mol. The van der Waals surface area contributed by atoms with Crippen LogP contribution in [0.3, 0.4) is 0 Å². The topological polar surface area (TPSA) is 68.8 Å². The lowest BCUT2D eigenvalue weighted by Gasteiger charge is -2.14. The van der Waals surface area contributed by atoms with Crippen LogP contribution in [0.2, 0.25) is 5.02 Å². The van der Waals surface area contributed by atoms with Gasteiger partial charge in [-0.15, -0.1) is 0 Å². The van der Waals surface area contributed by atoms with E-state index in [0.29, 0.717) is 23.1 Å². The van der Waals surface area contributed by atoms with Gasteiger partial charge in [0.05, 0.1) is 13.2 Å². The van der Waals surface area contributed by atoms with Crippen molar-refractivity contribution in [3.63, 3.8) is 0 Å². The SMILES string of the molecule is COc1cc(CNCCCOC(C)C)c(Cl)cc1OCC(=O)Nc1ccc(C)cc1. The molecule has 164 valence electrons. The first-order chi connectivity index (χ1) is 14.4. The maximum absolute atomic E-state index is 12.2. The highest BCUT2D eigenvalue weighted by Crippen LogP contribution is 2.33. The summed E-state index contributed by atoms with van der Waals surface area (Å²) in [5.74, 6) is 0.699. The summed E-state index contributed by atoms with van der Waals surface area (Å²) in [5, 5.41) is 6.69. The van der Waals surface area contributed by atoms with Crippen LogP contribution < -0.4 is 20.1 Å². The van der Waals surface area contributed by atoms with E-state index in [0.717, 1.165) is 36.4 Å². The molecule has 0 fully saturated rings. The Labute approximate surface area is 183 Å². The summed E-state index contributed by atoms with van der Waals surface area (Å²) in [6, 6.07) is 11.1. The molecule has 0 heterocycles. The van der Waals surface area contributed by atoms with Gasteiger partial charge in [0.2, 0.25) is 0 Å². The maximum atomic E-state index is 12.2. The molecule has 0 aliphatic rings. The van der Waals surface area contributed by atoms with Gasteiger partial charge in [-0.05, 0) is 57.5 Å². The third-order valence-corrected chi connectivity index (χ3v) is 4.64. The molecule has 6 nitrogen and oxygen atoms in total. The van der Waals surface area contributed by atoms with Gasteiger partial charge in [-0.25, -0.2) is 0 Å². The maximum Gasteiger partial charge on any atom is 0.262 e. The third-order valence-electron chi connectivity index (χ3n) is 4.29. The summed E-state index contributed by atoms with van der Waals surface area (Å²) >= 11 is 6.40. The molecule has 0 unspecified atom stereocenters. The second-order valence-corrected chi connectivity index (χ2v) is 7.65. The molecule has 2 aromatic carbocycles. The van der Waals surface area contributed by atoms with Gasteiger partial charge in [0.1, 0.15) is 0 Å². The van der Waals surface area contributed by atoms with Crippen LogP contribution in [-0.2, 0) is 16.1 Å². The number of hydrogen-bond acceptors (Lipinski definition) is 5. The minimum atomic E-state index is -0.258. The van der Waals surface area contributed by atoms with E-state index in [1.54, 1.807) is 13.2 Å². The fourth-order valence-electron chi connectivity index (χ4n) is 2.70. The zero-order chi connectivity index (χ0) is 21.9. The van der Waals surface area contributed by atoms with Gasteiger partial charge in [0, 0.05) is 29.9 Å². The van der Waals surface area contributed by atoms with E-state index in [2.05, 4.69) is 10.6 Å². The van der Waals surface area contributed by atoms with Gasteiger partial charge in [0.25, 0.3) is 5.91 Å². The largest absolute Gasteiger partial charge is 0.493 e. The van der Waals surface area contributed by atoms with Gasteiger partial charge in [-0.3, -0.25) is 4.79 Å². The van der Waals surface area contributed by atoms with Crippen molar-refractivity contribution in [2.75, 3.05) is 32.2 Å². The second kappa shape index (κ2) is 12.4. The minimum absolute atomic E-state index is 0.145. The van der Waals surface area contributed by atoms with E-state index in [1.807, 2.05) is 51.1 Å². The highest BCUT2D eigenvalue weighted by molar-refractivity contribution is 6.31. The van der Waals surface area contributed by atoms with E-state index in [4.69, 9.17) is 25.8 Å². The van der Waals surface area contributed by atoms with Crippen molar-refractivity contribution in [3.8, 4) is 11.5 Å². The van der Waals surface area contributed by atoms with E-state index in [-0.39, 0.29) is 18.6 Å². The number of ether oxygens (including phenoxy) is 3. The molecule has 0 aliphatic heterocycles. The number of aryl methyl sites for hydroxylation is 1. The first kappa shape index (κ1) is 24.0. The Balaban J connectivity index is 1.86.